The van der Waals surface area contributed by atoms with Crippen molar-refractivity contribution in [3.8, 4) is 28.8 Å². The van der Waals surface area contributed by atoms with Crippen LogP contribution in [0.15, 0.2) is 41.2 Å². The van der Waals surface area contributed by atoms with Gasteiger partial charge in [0.05, 0.1) is 11.7 Å². The average molecular weight is 427 g/mol. The van der Waals surface area contributed by atoms with Crippen molar-refractivity contribution >= 4 is 12.4 Å². The summed E-state index contributed by atoms with van der Waals surface area (Å²) in [4.78, 5) is 9.00. The minimum atomic E-state index is 0. The number of aryl methyl sites for hydroxylation is 2. The van der Waals surface area contributed by atoms with E-state index in [9.17, 15) is 0 Å². The first kappa shape index (κ1) is 20.2. The SMILES string of the molecule is Cc1cc(C)n(-c2ccc(-c3noc(-c4ccn(C5CCCNC5)n4)n3)cn2)n1.Cl. The Kier molecular flexibility index (Phi) is 5.65. The molecule has 1 unspecified atom stereocenters. The van der Waals surface area contributed by atoms with Gasteiger partial charge in [-0.3, -0.25) is 4.68 Å². The molecule has 1 fully saturated rings. The number of rotatable bonds is 4. The Morgan fingerprint density at radius 3 is 2.77 bits per heavy atom. The molecule has 1 atom stereocenters. The highest BCUT2D eigenvalue weighted by Crippen LogP contribution is 2.23. The molecule has 4 aromatic rings. The van der Waals surface area contributed by atoms with Gasteiger partial charge in [0.1, 0.15) is 0 Å². The van der Waals surface area contributed by atoms with Gasteiger partial charge in [0, 0.05) is 30.2 Å². The van der Waals surface area contributed by atoms with Crippen LogP contribution in [0.3, 0.4) is 0 Å². The summed E-state index contributed by atoms with van der Waals surface area (Å²) >= 11 is 0. The van der Waals surface area contributed by atoms with Crippen molar-refractivity contribution in [3.63, 3.8) is 0 Å². The summed E-state index contributed by atoms with van der Waals surface area (Å²) in [7, 11) is 0. The predicted molar refractivity (Wildman–Crippen MR) is 114 cm³/mol. The van der Waals surface area contributed by atoms with Gasteiger partial charge in [-0.05, 0) is 57.5 Å². The van der Waals surface area contributed by atoms with Gasteiger partial charge in [0.15, 0.2) is 11.5 Å². The molecule has 1 N–H and O–H groups in total. The van der Waals surface area contributed by atoms with Gasteiger partial charge in [-0.2, -0.15) is 15.2 Å². The topological polar surface area (TPSA) is 99.5 Å². The fourth-order valence-electron chi connectivity index (χ4n) is 3.66. The molecular formula is C20H23ClN8O. The molecule has 0 saturated carbocycles. The maximum absolute atomic E-state index is 5.45. The monoisotopic (exact) mass is 426 g/mol. The Labute approximate surface area is 179 Å². The molecule has 0 aliphatic carbocycles. The van der Waals surface area contributed by atoms with Crippen molar-refractivity contribution in [3.05, 3.63) is 48.0 Å². The second-order valence-corrected chi connectivity index (χ2v) is 7.35. The second kappa shape index (κ2) is 8.37. The summed E-state index contributed by atoms with van der Waals surface area (Å²) in [6.45, 7) is 5.97. The van der Waals surface area contributed by atoms with Crippen LogP contribution in [-0.2, 0) is 0 Å². The normalized spacial score (nSPS) is 16.4. The van der Waals surface area contributed by atoms with Gasteiger partial charge < -0.3 is 9.84 Å². The molecule has 0 amide bonds. The molecule has 4 aromatic heterocycles. The molecule has 0 aromatic carbocycles. The summed E-state index contributed by atoms with van der Waals surface area (Å²) in [6.07, 6.45) is 5.98. The number of halogens is 1. The maximum atomic E-state index is 5.45. The zero-order valence-electron chi connectivity index (χ0n) is 16.8. The lowest BCUT2D eigenvalue weighted by atomic mass is 10.1. The summed E-state index contributed by atoms with van der Waals surface area (Å²) in [5, 5.41) is 16.6. The predicted octanol–water partition coefficient (Wildman–Crippen LogP) is 3.14. The number of piperidine rings is 1. The van der Waals surface area contributed by atoms with E-state index in [0.717, 1.165) is 48.7 Å². The molecule has 156 valence electrons. The number of nitrogens with one attached hydrogen (secondary N) is 1. The molecule has 0 radical (unpaired) electrons. The van der Waals surface area contributed by atoms with Gasteiger partial charge in [0.25, 0.3) is 5.89 Å². The third-order valence-corrected chi connectivity index (χ3v) is 5.13. The lowest BCUT2D eigenvalue weighted by Crippen LogP contribution is -2.31. The van der Waals surface area contributed by atoms with E-state index < -0.39 is 0 Å². The van der Waals surface area contributed by atoms with Crippen LogP contribution in [0, 0.1) is 13.8 Å². The Morgan fingerprint density at radius 2 is 2.07 bits per heavy atom. The Morgan fingerprint density at radius 1 is 1.17 bits per heavy atom. The Bertz CT molecular complexity index is 1120. The molecule has 9 nitrogen and oxygen atoms in total. The van der Waals surface area contributed by atoms with E-state index in [-0.39, 0.29) is 12.4 Å². The van der Waals surface area contributed by atoms with E-state index in [0.29, 0.717) is 23.5 Å². The molecule has 1 aliphatic rings. The number of aromatic nitrogens is 7. The fraction of sp³-hybridized carbons (Fsp3) is 0.350. The zero-order chi connectivity index (χ0) is 19.8. The molecule has 10 heteroatoms. The van der Waals surface area contributed by atoms with Crippen LogP contribution in [0.5, 0.6) is 0 Å². The zero-order valence-corrected chi connectivity index (χ0v) is 17.6. The van der Waals surface area contributed by atoms with Crippen molar-refractivity contribution in [2.75, 3.05) is 13.1 Å². The average Bonchev–Trinajstić information content (AvgIpc) is 3.48. The third kappa shape index (κ3) is 3.86. The van der Waals surface area contributed by atoms with Crippen molar-refractivity contribution in [2.24, 2.45) is 0 Å². The maximum Gasteiger partial charge on any atom is 0.278 e. The minimum Gasteiger partial charge on any atom is -0.332 e. The number of pyridine rings is 1. The summed E-state index contributed by atoms with van der Waals surface area (Å²) in [5.41, 5.74) is 3.45. The van der Waals surface area contributed by atoms with Crippen LogP contribution in [0.25, 0.3) is 28.8 Å². The quantitative estimate of drug-likeness (QED) is 0.535. The number of hydrogen-bond donors (Lipinski definition) is 1. The first-order valence-corrected chi connectivity index (χ1v) is 9.77. The minimum absolute atomic E-state index is 0. The number of nitrogens with zero attached hydrogens (tertiary/aromatic N) is 7. The number of hydrogen-bond acceptors (Lipinski definition) is 7. The first-order valence-electron chi connectivity index (χ1n) is 9.77. The van der Waals surface area contributed by atoms with Gasteiger partial charge in [-0.25, -0.2) is 9.67 Å². The van der Waals surface area contributed by atoms with Crippen LogP contribution in [0.1, 0.15) is 30.3 Å². The summed E-state index contributed by atoms with van der Waals surface area (Å²) < 4.78 is 9.24. The lowest BCUT2D eigenvalue weighted by molar-refractivity contribution is 0.346. The van der Waals surface area contributed by atoms with E-state index in [1.54, 1.807) is 6.20 Å². The highest BCUT2D eigenvalue weighted by molar-refractivity contribution is 5.85. The van der Waals surface area contributed by atoms with Crippen molar-refractivity contribution in [1.82, 2.24) is 40.0 Å². The molecule has 5 heterocycles. The van der Waals surface area contributed by atoms with Gasteiger partial charge in [-0.1, -0.05) is 5.16 Å². The van der Waals surface area contributed by atoms with Crippen molar-refractivity contribution in [2.45, 2.75) is 32.7 Å². The van der Waals surface area contributed by atoms with Crippen LogP contribution < -0.4 is 5.32 Å². The molecular weight excluding hydrogens is 404 g/mol. The van der Waals surface area contributed by atoms with E-state index >= 15 is 0 Å². The highest BCUT2D eigenvalue weighted by atomic mass is 35.5. The lowest BCUT2D eigenvalue weighted by Gasteiger charge is -2.22. The summed E-state index contributed by atoms with van der Waals surface area (Å²) in [6, 6.07) is 8.11. The van der Waals surface area contributed by atoms with Gasteiger partial charge >= 0.3 is 0 Å². The third-order valence-electron chi connectivity index (χ3n) is 5.13. The second-order valence-electron chi connectivity index (χ2n) is 7.35. The fourth-order valence-corrected chi connectivity index (χ4v) is 3.66. The molecule has 1 aliphatic heterocycles. The van der Waals surface area contributed by atoms with Crippen LogP contribution in [0.2, 0.25) is 0 Å². The van der Waals surface area contributed by atoms with Crippen LogP contribution >= 0.6 is 12.4 Å². The summed E-state index contributed by atoms with van der Waals surface area (Å²) in [5.74, 6) is 1.65. The van der Waals surface area contributed by atoms with Crippen LogP contribution in [0.4, 0.5) is 0 Å². The first-order chi connectivity index (χ1) is 14.2. The molecule has 0 spiro atoms. The van der Waals surface area contributed by atoms with E-state index in [2.05, 4.69) is 30.6 Å². The van der Waals surface area contributed by atoms with Gasteiger partial charge in [0.2, 0.25) is 5.82 Å². The molecule has 0 bridgehead atoms. The Balaban J connectivity index is 0.00000218. The van der Waals surface area contributed by atoms with Crippen molar-refractivity contribution in [1.29, 1.82) is 0 Å². The van der Waals surface area contributed by atoms with Crippen LogP contribution in [-0.4, -0.2) is 47.8 Å². The van der Waals surface area contributed by atoms with Gasteiger partial charge in [-0.15, -0.1) is 12.4 Å². The largest absolute Gasteiger partial charge is 0.332 e. The van der Waals surface area contributed by atoms with E-state index in [4.69, 9.17) is 4.52 Å². The van der Waals surface area contributed by atoms with Crippen molar-refractivity contribution < 1.29 is 4.52 Å². The van der Waals surface area contributed by atoms with E-state index in [1.807, 2.05) is 53.7 Å². The molecule has 5 rings (SSSR count). The smallest absolute Gasteiger partial charge is 0.278 e. The molecule has 30 heavy (non-hydrogen) atoms. The molecule has 1 saturated heterocycles. The van der Waals surface area contributed by atoms with E-state index in [1.165, 1.54) is 0 Å². The Hall–Kier alpha value is -3.04. The standard InChI is InChI=1S/C20H22N8O.ClH/c1-13-10-14(2)28(24-13)18-6-5-15(11-22-18)19-23-20(29-26-19)17-7-9-27(25-17)16-4-3-8-21-12-16;/h5-7,9-11,16,21H,3-4,8,12H2,1-2H3;1H. The highest BCUT2D eigenvalue weighted by Gasteiger charge is 2.18.